The van der Waals surface area contributed by atoms with Gasteiger partial charge in [0.05, 0.1) is 0 Å². The molecule has 0 aliphatic rings. The molecule has 0 atom stereocenters. The van der Waals surface area contributed by atoms with Crippen molar-refractivity contribution in [3.05, 3.63) is 46.5 Å². The number of benzene rings is 2. The molecule has 33 heavy (non-hydrogen) atoms. The molecule has 7 nitrogen and oxygen atoms in total. The average Bonchev–Trinajstić information content (AvgIpc) is 2.72. The van der Waals surface area contributed by atoms with Gasteiger partial charge in [-0.25, -0.2) is 0 Å². The summed E-state index contributed by atoms with van der Waals surface area (Å²) in [7, 11) is -9.33. The zero-order valence-corrected chi connectivity index (χ0v) is 21.4. The topological polar surface area (TPSA) is 118 Å². The number of hydrogen-bond donors (Lipinski definition) is 2. The SMILES string of the molecule is CCCc1c(CCC)c(CCC)c(S(=O)(=O)O)c(Oc2ccccc2S(=O)(=O)O)c1CCC. The maximum absolute atomic E-state index is 12.7. The Labute approximate surface area is 197 Å². The Morgan fingerprint density at radius 3 is 1.61 bits per heavy atom. The number of ether oxygens (including phenoxy) is 1. The van der Waals surface area contributed by atoms with Gasteiger partial charge in [-0.15, -0.1) is 0 Å². The third-order valence-corrected chi connectivity index (χ3v) is 7.29. The predicted octanol–water partition coefficient (Wildman–Crippen LogP) is 5.78. The third kappa shape index (κ3) is 6.35. The molecule has 0 saturated heterocycles. The summed E-state index contributed by atoms with van der Waals surface area (Å²) in [5.74, 6) is -0.252. The van der Waals surface area contributed by atoms with Crippen molar-refractivity contribution in [2.24, 2.45) is 0 Å². The van der Waals surface area contributed by atoms with Gasteiger partial charge in [-0.05, 0) is 60.1 Å². The molecule has 2 aromatic rings. The molecule has 0 unspecified atom stereocenters. The molecule has 0 radical (unpaired) electrons. The van der Waals surface area contributed by atoms with Gasteiger partial charge in [0, 0.05) is 0 Å². The van der Waals surface area contributed by atoms with Crippen LogP contribution in [-0.2, 0) is 45.9 Å². The van der Waals surface area contributed by atoms with Crippen molar-refractivity contribution in [2.45, 2.75) is 88.9 Å². The fourth-order valence-corrected chi connectivity index (χ4v) is 5.83. The van der Waals surface area contributed by atoms with E-state index in [4.69, 9.17) is 4.74 Å². The van der Waals surface area contributed by atoms with Crippen molar-refractivity contribution in [1.29, 1.82) is 0 Å². The summed E-state index contributed by atoms with van der Waals surface area (Å²) in [6.07, 6.45) is 5.24. The van der Waals surface area contributed by atoms with Crippen molar-refractivity contribution >= 4 is 20.2 Å². The summed E-state index contributed by atoms with van der Waals surface area (Å²) >= 11 is 0. The zero-order valence-electron chi connectivity index (χ0n) is 19.7. The van der Waals surface area contributed by atoms with E-state index in [0.717, 1.165) is 24.0 Å². The van der Waals surface area contributed by atoms with Crippen LogP contribution in [0.3, 0.4) is 0 Å². The fraction of sp³-hybridized carbons (Fsp3) is 0.500. The van der Waals surface area contributed by atoms with Crippen LogP contribution in [0, 0.1) is 0 Å². The molecule has 2 aromatic carbocycles. The van der Waals surface area contributed by atoms with Crippen LogP contribution in [0.25, 0.3) is 0 Å². The molecule has 0 amide bonds. The van der Waals surface area contributed by atoms with Gasteiger partial charge in [-0.3, -0.25) is 9.11 Å². The number of hydrogen-bond acceptors (Lipinski definition) is 5. The molecule has 0 heterocycles. The van der Waals surface area contributed by atoms with Crippen LogP contribution in [0.1, 0.15) is 75.6 Å². The predicted molar refractivity (Wildman–Crippen MR) is 129 cm³/mol. The van der Waals surface area contributed by atoms with Gasteiger partial charge in [-0.2, -0.15) is 16.8 Å². The lowest BCUT2D eigenvalue weighted by Gasteiger charge is -2.25. The minimum atomic E-state index is -4.71. The van der Waals surface area contributed by atoms with Crippen LogP contribution in [0.5, 0.6) is 11.5 Å². The largest absolute Gasteiger partial charge is 0.454 e. The minimum Gasteiger partial charge on any atom is -0.454 e. The Kier molecular flexibility index (Phi) is 9.48. The molecule has 0 bridgehead atoms. The highest BCUT2D eigenvalue weighted by atomic mass is 32.2. The lowest BCUT2D eigenvalue weighted by Crippen LogP contribution is -2.15. The quantitative estimate of drug-likeness (QED) is 0.356. The van der Waals surface area contributed by atoms with E-state index in [9.17, 15) is 25.9 Å². The number of rotatable bonds is 12. The summed E-state index contributed by atoms with van der Waals surface area (Å²) in [6, 6.07) is 5.50. The van der Waals surface area contributed by atoms with E-state index in [0.29, 0.717) is 49.7 Å². The normalized spacial score (nSPS) is 12.2. The van der Waals surface area contributed by atoms with E-state index >= 15 is 0 Å². The second kappa shape index (κ2) is 11.5. The van der Waals surface area contributed by atoms with Gasteiger partial charge < -0.3 is 4.74 Å². The highest BCUT2D eigenvalue weighted by Crippen LogP contribution is 2.43. The summed E-state index contributed by atoms with van der Waals surface area (Å²) < 4.78 is 75.3. The molecule has 0 spiro atoms. The monoisotopic (exact) mass is 498 g/mol. The van der Waals surface area contributed by atoms with Crippen LogP contribution < -0.4 is 4.74 Å². The van der Waals surface area contributed by atoms with Crippen LogP contribution in [0.4, 0.5) is 0 Å². The molecule has 2 rings (SSSR count). The number of para-hydroxylation sites is 1. The molecule has 184 valence electrons. The molecule has 2 N–H and O–H groups in total. The maximum atomic E-state index is 12.7. The first kappa shape index (κ1) is 27.3. The van der Waals surface area contributed by atoms with E-state index in [2.05, 4.69) is 0 Å². The lowest BCUT2D eigenvalue weighted by molar-refractivity contribution is 0.426. The Hall–Kier alpha value is -1.94. The minimum absolute atomic E-state index is 0.0535. The van der Waals surface area contributed by atoms with Crippen molar-refractivity contribution in [3.63, 3.8) is 0 Å². The molecule has 0 saturated carbocycles. The zero-order chi connectivity index (χ0) is 24.8. The second-order valence-electron chi connectivity index (χ2n) is 8.07. The molecule has 9 heteroatoms. The van der Waals surface area contributed by atoms with Crippen LogP contribution in [-0.4, -0.2) is 25.9 Å². The highest BCUT2D eigenvalue weighted by molar-refractivity contribution is 7.86. The van der Waals surface area contributed by atoms with Crippen LogP contribution >= 0.6 is 0 Å². The van der Waals surface area contributed by atoms with Crippen molar-refractivity contribution in [1.82, 2.24) is 0 Å². The molecule has 0 aromatic heterocycles. The first-order valence-corrected chi connectivity index (χ1v) is 14.3. The Bertz CT molecular complexity index is 1180. The molecular formula is C24H34O7S2. The lowest BCUT2D eigenvalue weighted by atomic mass is 9.86. The summed E-state index contributed by atoms with van der Waals surface area (Å²) in [4.78, 5) is -0.776. The highest BCUT2D eigenvalue weighted by Gasteiger charge is 2.31. The molecular weight excluding hydrogens is 464 g/mol. The van der Waals surface area contributed by atoms with Gasteiger partial charge in [0.1, 0.15) is 15.5 Å². The Morgan fingerprint density at radius 2 is 1.12 bits per heavy atom. The maximum Gasteiger partial charge on any atom is 0.298 e. The standard InChI is InChI=1S/C24H34O7S2/c1-5-11-17-18(12-6-2)20(14-8-4)24(33(28,29)30)23(19(17)13-7-3)31-21-15-9-10-16-22(21)32(25,26)27/h9-10,15-16H,5-8,11-14H2,1-4H3,(H,25,26,27)(H,28,29,30). The van der Waals surface area contributed by atoms with Gasteiger partial charge in [-0.1, -0.05) is 65.5 Å². The average molecular weight is 499 g/mol. The Morgan fingerprint density at radius 1 is 0.667 bits per heavy atom. The summed E-state index contributed by atoms with van der Waals surface area (Å²) in [6.45, 7) is 7.94. The van der Waals surface area contributed by atoms with Crippen molar-refractivity contribution in [3.8, 4) is 11.5 Å². The summed E-state index contributed by atoms with van der Waals surface area (Å²) in [5, 5.41) is 0. The van der Waals surface area contributed by atoms with Gasteiger partial charge in [0.2, 0.25) is 0 Å². The molecule has 0 aliphatic heterocycles. The van der Waals surface area contributed by atoms with E-state index in [1.165, 1.54) is 24.3 Å². The smallest absolute Gasteiger partial charge is 0.298 e. The molecule has 0 aliphatic carbocycles. The third-order valence-electron chi connectivity index (χ3n) is 5.44. The fourth-order valence-electron chi connectivity index (χ4n) is 4.28. The van der Waals surface area contributed by atoms with E-state index in [1.54, 1.807) is 0 Å². The molecule has 0 fully saturated rings. The second-order valence-corrected chi connectivity index (χ2v) is 10.8. The van der Waals surface area contributed by atoms with Gasteiger partial charge in [0.25, 0.3) is 20.2 Å². The first-order chi connectivity index (χ1) is 15.5. The van der Waals surface area contributed by atoms with E-state index < -0.39 is 25.1 Å². The van der Waals surface area contributed by atoms with Crippen molar-refractivity contribution in [2.75, 3.05) is 0 Å². The Balaban J connectivity index is 3.05. The first-order valence-electron chi connectivity index (χ1n) is 11.4. The van der Waals surface area contributed by atoms with Crippen molar-refractivity contribution < 1.29 is 30.7 Å². The summed E-state index contributed by atoms with van der Waals surface area (Å²) in [5.41, 5.74) is 3.09. The van der Waals surface area contributed by atoms with Crippen LogP contribution in [0.2, 0.25) is 0 Å². The van der Waals surface area contributed by atoms with E-state index in [-0.39, 0.29) is 16.4 Å². The van der Waals surface area contributed by atoms with Crippen LogP contribution in [0.15, 0.2) is 34.1 Å². The van der Waals surface area contributed by atoms with Gasteiger partial charge in [0.15, 0.2) is 5.75 Å². The van der Waals surface area contributed by atoms with E-state index in [1.807, 2.05) is 27.7 Å². The van der Waals surface area contributed by atoms with Gasteiger partial charge >= 0.3 is 0 Å².